The number of nitrogens with zero attached hydrogens (tertiary/aromatic N) is 4. The van der Waals surface area contributed by atoms with Crippen LogP contribution in [0.2, 0.25) is 0 Å². The average Bonchev–Trinajstić information content (AvgIpc) is 3.51. The minimum absolute atomic E-state index is 0.109. The monoisotopic (exact) mass is 464 g/mol. The van der Waals surface area contributed by atoms with Crippen LogP contribution in [0, 0.1) is 11.6 Å². The molecule has 1 saturated carbocycles. The molecule has 3 heterocycles. The van der Waals surface area contributed by atoms with Gasteiger partial charge in [0.05, 0.1) is 6.20 Å². The van der Waals surface area contributed by atoms with Gasteiger partial charge in [0, 0.05) is 36.0 Å². The number of carbonyl (C=O) groups is 1. The van der Waals surface area contributed by atoms with E-state index in [0.29, 0.717) is 5.56 Å². The van der Waals surface area contributed by atoms with Crippen molar-refractivity contribution in [3.8, 4) is 22.8 Å². The fourth-order valence-electron chi connectivity index (χ4n) is 3.54. The number of nitrogens with two attached hydrogens (primary N) is 1. The van der Waals surface area contributed by atoms with Crippen molar-refractivity contribution in [3.05, 3.63) is 82.2 Å². The Hall–Kier alpha value is -4.41. The van der Waals surface area contributed by atoms with E-state index in [1.165, 1.54) is 24.6 Å². The van der Waals surface area contributed by atoms with E-state index in [9.17, 15) is 18.4 Å². The van der Waals surface area contributed by atoms with Crippen LogP contribution in [0.5, 0.6) is 0 Å². The van der Waals surface area contributed by atoms with E-state index < -0.39 is 24.1 Å². The summed E-state index contributed by atoms with van der Waals surface area (Å²) in [5, 5.41) is 2.42. The van der Waals surface area contributed by atoms with Gasteiger partial charge in [0.2, 0.25) is 5.89 Å². The summed E-state index contributed by atoms with van der Waals surface area (Å²) in [7, 11) is 0. The SMILES string of the molecule is Nc1nc(-c2ncco2)c(-c2ccc(=O)n(C3CC3)c2)nc1C(=O)NCc1c(F)cccc1F. The molecule has 1 fully saturated rings. The Balaban J connectivity index is 1.55. The van der Waals surface area contributed by atoms with Crippen LogP contribution in [0.25, 0.3) is 22.8 Å². The summed E-state index contributed by atoms with van der Waals surface area (Å²) in [4.78, 5) is 37.9. The molecule has 0 spiro atoms. The third kappa shape index (κ3) is 4.03. The van der Waals surface area contributed by atoms with Crippen LogP contribution in [0.3, 0.4) is 0 Å². The number of halogens is 2. The summed E-state index contributed by atoms with van der Waals surface area (Å²) >= 11 is 0. The number of aromatic nitrogens is 4. The number of oxazole rings is 1. The van der Waals surface area contributed by atoms with E-state index in [1.54, 1.807) is 16.8 Å². The van der Waals surface area contributed by atoms with Gasteiger partial charge in [0.15, 0.2) is 17.2 Å². The van der Waals surface area contributed by atoms with Crippen LogP contribution >= 0.6 is 0 Å². The Morgan fingerprint density at radius 1 is 1.15 bits per heavy atom. The highest BCUT2D eigenvalue weighted by atomic mass is 19.1. The number of hydrogen-bond acceptors (Lipinski definition) is 7. The first-order valence-corrected chi connectivity index (χ1v) is 10.4. The molecule has 172 valence electrons. The summed E-state index contributed by atoms with van der Waals surface area (Å²) in [6.45, 7) is -0.415. The molecule has 1 aliphatic carbocycles. The summed E-state index contributed by atoms with van der Waals surface area (Å²) in [6.07, 6.45) is 6.20. The molecule has 0 aliphatic heterocycles. The van der Waals surface area contributed by atoms with Crippen molar-refractivity contribution in [1.29, 1.82) is 0 Å². The molecule has 3 aromatic heterocycles. The van der Waals surface area contributed by atoms with Gasteiger partial charge in [-0.3, -0.25) is 9.59 Å². The molecule has 0 unspecified atom stereocenters. The topological polar surface area (TPSA) is 129 Å². The van der Waals surface area contributed by atoms with Gasteiger partial charge in [-0.25, -0.2) is 23.7 Å². The fourth-order valence-corrected chi connectivity index (χ4v) is 3.54. The second kappa shape index (κ2) is 8.50. The van der Waals surface area contributed by atoms with Crippen molar-refractivity contribution in [2.24, 2.45) is 0 Å². The van der Waals surface area contributed by atoms with Crippen LogP contribution in [0.1, 0.15) is 34.9 Å². The van der Waals surface area contributed by atoms with E-state index in [-0.39, 0.29) is 46.0 Å². The zero-order chi connectivity index (χ0) is 23.8. The fraction of sp³-hybridized carbons (Fsp3) is 0.174. The predicted molar refractivity (Wildman–Crippen MR) is 117 cm³/mol. The summed E-state index contributed by atoms with van der Waals surface area (Å²) in [6, 6.07) is 6.50. The number of benzene rings is 1. The Kier molecular flexibility index (Phi) is 5.36. The lowest BCUT2D eigenvalue weighted by atomic mass is 10.1. The van der Waals surface area contributed by atoms with Crippen LogP contribution in [0.4, 0.5) is 14.6 Å². The molecule has 0 radical (unpaired) electrons. The van der Waals surface area contributed by atoms with Crippen molar-refractivity contribution in [2.45, 2.75) is 25.4 Å². The third-order valence-corrected chi connectivity index (χ3v) is 5.41. The molecule has 1 aromatic carbocycles. The van der Waals surface area contributed by atoms with Crippen LogP contribution in [-0.4, -0.2) is 25.4 Å². The molecular formula is C23H18F2N6O3. The lowest BCUT2D eigenvalue weighted by Crippen LogP contribution is -2.27. The molecule has 34 heavy (non-hydrogen) atoms. The molecule has 11 heteroatoms. The van der Waals surface area contributed by atoms with Crippen LogP contribution in [-0.2, 0) is 6.54 Å². The Morgan fingerprint density at radius 2 is 1.91 bits per heavy atom. The van der Waals surface area contributed by atoms with Gasteiger partial charge in [-0.1, -0.05) is 6.07 Å². The number of nitrogens with one attached hydrogen (secondary N) is 1. The van der Waals surface area contributed by atoms with E-state index >= 15 is 0 Å². The lowest BCUT2D eigenvalue weighted by Gasteiger charge is -2.13. The Bertz CT molecular complexity index is 1430. The largest absolute Gasteiger partial charge is 0.443 e. The maximum Gasteiger partial charge on any atom is 0.274 e. The van der Waals surface area contributed by atoms with Crippen molar-refractivity contribution in [3.63, 3.8) is 0 Å². The number of hydrogen-bond donors (Lipinski definition) is 2. The third-order valence-electron chi connectivity index (χ3n) is 5.41. The molecular weight excluding hydrogens is 446 g/mol. The van der Waals surface area contributed by atoms with E-state index in [2.05, 4.69) is 20.3 Å². The molecule has 3 N–H and O–H groups in total. The molecule has 4 aromatic rings. The van der Waals surface area contributed by atoms with Gasteiger partial charge >= 0.3 is 0 Å². The highest BCUT2D eigenvalue weighted by Crippen LogP contribution is 2.35. The van der Waals surface area contributed by atoms with Gasteiger partial charge in [0.25, 0.3) is 11.5 Å². The van der Waals surface area contributed by atoms with Gasteiger partial charge in [0.1, 0.15) is 23.6 Å². The number of rotatable bonds is 6. The second-order valence-corrected chi connectivity index (χ2v) is 7.77. The number of nitrogen functional groups attached to an aromatic ring is 1. The van der Waals surface area contributed by atoms with E-state index in [1.807, 2.05) is 0 Å². The minimum atomic E-state index is -0.790. The highest BCUT2D eigenvalue weighted by molar-refractivity contribution is 5.97. The maximum atomic E-state index is 13.9. The number of pyridine rings is 1. The number of carbonyl (C=O) groups excluding carboxylic acids is 1. The highest BCUT2D eigenvalue weighted by Gasteiger charge is 2.26. The molecule has 0 saturated heterocycles. The number of anilines is 1. The second-order valence-electron chi connectivity index (χ2n) is 7.77. The summed E-state index contributed by atoms with van der Waals surface area (Å²) in [5.74, 6) is -2.45. The zero-order valence-electron chi connectivity index (χ0n) is 17.7. The van der Waals surface area contributed by atoms with E-state index in [4.69, 9.17) is 10.2 Å². The van der Waals surface area contributed by atoms with Crippen molar-refractivity contribution >= 4 is 11.7 Å². The number of amides is 1. The molecule has 1 aliphatic rings. The maximum absolute atomic E-state index is 13.9. The van der Waals surface area contributed by atoms with Crippen molar-refractivity contribution < 1.29 is 18.0 Å². The minimum Gasteiger partial charge on any atom is -0.443 e. The van der Waals surface area contributed by atoms with Crippen molar-refractivity contribution in [1.82, 2.24) is 24.8 Å². The lowest BCUT2D eigenvalue weighted by molar-refractivity contribution is 0.0946. The first-order valence-electron chi connectivity index (χ1n) is 10.4. The van der Waals surface area contributed by atoms with Gasteiger partial charge in [-0.05, 0) is 31.0 Å². The van der Waals surface area contributed by atoms with Gasteiger partial charge in [-0.2, -0.15) is 0 Å². The molecule has 9 nitrogen and oxygen atoms in total. The molecule has 0 bridgehead atoms. The Morgan fingerprint density at radius 3 is 2.59 bits per heavy atom. The quantitative estimate of drug-likeness (QED) is 0.449. The first-order chi connectivity index (χ1) is 16.4. The summed E-state index contributed by atoms with van der Waals surface area (Å²) in [5.41, 5.74) is 6.21. The van der Waals surface area contributed by atoms with Gasteiger partial charge < -0.3 is 20.0 Å². The zero-order valence-corrected chi connectivity index (χ0v) is 17.7. The van der Waals surface area contributed by atoms with Crippen molar-refractivity contribution in [2.75, 3.05) is 5.73 Å². The standard InChI is InChI=1S/C23H18F2N6O3/c24-15-2-1-3-16(25)14(15)10-28-22(33)20-21(26)30-19(23-27-8-9-34-23)18(29-20)12-4-7-17(32)31(11-12)13-5-6-13/h1-4,7-9,11,13H,5-6,10H2,(H2,26,30)(H,28,33). The van der Waals surface area contributed by atoms with Gasteiger partial charge in [-0.15, -0.1) is 0 Å². The Labute approximate surface area is 191 Å². The molecule has 1 amide bonds. The molecule has 5 rings (SSSR count). The van der Waals surface area contributed by atoms with E-state index in [0.717, 1.165) is 25.0 Å². The first kappa shape index (κ1) is 21.4. The predicted octanol–water partition coefficient (Wildman–Crippen LogP) is 3.09. The van der Waals surface area contributed by atoms with Crippen LogP contribution in [0.15, 0.2) is 58.2 Å². The normalized spacial score (nSPS) is 13.1. The molecule has 0 atom stereocenters. The smallest absolute Gasteiger partial charge is 0.274 e. The van der Waals surface area contributed by atoms with Crippen LogP contribution < -0.4 is 16.6 Å². The summed E-state index contributed by atoms with van der Waals surface area (Å²) < 4.78 is 34.8. The average molecular weight is 464 g/mol.